The smallest absolute Gasteiger partial charge is 0.338 e. The number of carbonyl (C=O) groups excluding carboxylic acids is 2. The Kier molecular flexibility index (Phi) is 7.26. The van der Waals surface area contributed by atoms with Crippen LogP contribution in [-0.2, 0) is 14.3 Å². The van der Waals surface area contributed by atoms with Crippen LogP contribution in [0.4, 0.5) is 0 Å². The lowest BCUT2D eigenvalue weighted by atomic mass is 9.91. The van der Waals surface area contributed by atoms with Gasteiger partial charge in [-0.1, -0.05) is 43.0 Å². The standard InChI is InChI=1S/C24H31N3O3S/c1-7-16(5)25-20(28)12-18-13-31-24-26-17(6)21(23(29)30-14(2)3)22(27(18)24)19-11-9-8-10-15(19)4/h8-11,13-14,16,22H,7,12H2,1-6H3,(H,25,28)/t16-,22+/m0/s1. The summed E-state index contributed by atoms with van der Waals surface area (Å²) < 4.78 is 5.59. The average Bonchev–Trinajstić information content (AvgIpc) is 3.08. The number of hydrogen-bond acceptors (Lipinski definition) is 6. The van der Waals surface area contributed by atoms with Crippen molar-refractivity contribution in [2.24, 2.45) is 4.99 Å². The summed E-state index contributed by atoms with van der Waals surface area (Å²) in [6.45, 7) is 11.6. The number of hydrogen-bond donors (Lipinski definition) is 1. The van der Waals surface area contributed by atoms with Gasteiger partial charge in [0, 0.05) is 11.7 Å². The van der Waals surface area contributed by atoms with Crippen LogP contribution in [0.25, 0.3) is 0 Å². The van der Waals surface area contributed by atoms with Crippen LogP contribution < -0.4 is 5.32 Å². The van der Waals surface area contributed by atoms with Gasteiger partial charge in [0.2, 0.25) is 5.91 Å². The first-order chi connectivity index (χ1) is 14.7. The van der Waals surface area contributed by atoms with Crippen molar-refractivity contribution in [3.63, 3.8) is 0 Å². The molecule has 0 fully saturated rings. The lowest BCUT2D eigenvalue weighted by Gasteiger charge is -2.37. The number of rotatable bonds is 7. The van der Waals surface area contributed by atoms with Gasteiger partial charge in [-0.2, -0.15) is 0 Å². The highest BCUT2D eigenvalue weighted by Crippen LogP contribution is 2.45. The second kappa shape index (κ2) is 9.73. The average molecular weight is 442 g/mol. The molecule has 0 unspecified atom stereocenters. The Morgan fingerprint density at radius 1 is 1.23 bits per heavy atom. The van der Waals surface area contributed by atoms with Crippen LogP contribution in [0.3, 0.4) is 0 Å². The minimum atomic E-state index is -0.391. The molecular formula is C24H31N3O3S. The number of allylic oxidation sites excluding steroid dienone is 1. The minimum Gasteiger partial charge on any atom is -0.459 e. The number of benzene rings is 1. The van der Waals surface area contributed by atoms with Gasteiger partial charge in [-0.3, -0.25) is 4.79 Å². The van der Waals surface area contributed by atoms with Gasteiger partial charge in [0.15, 0.2) is 5.17 Å². The molecule has 1 aromatic rings. The molecule has 0 saturated carbocycles. The number of nitrogens with one attached hydrogen (secondary N) is 1. The molecule has 1 aromatic carbocycles. The second-order valence-corrected chi connectivity index (χ2v) is 9.09. The number of aryl methyl sites for hydroxylation is 1. The van der Waals surface area contributed by atoms with Crippen LogP contribution in [0.5, 0.6) is 0 Å². The van der Waals surface area contributed by atoms with Crippen molar-refractivity contribution in [1.29, 1.82) is 0 Å². The van der Waals surface area contributed by atoms with E-state index in [9.17, 15) is 9.59 Å². The molecule has 2 atom stereocenters. The molecular weight excluding hydrogens is 410 g/mol. The molecule has 7 heteroatoms. The fraction of sp³-hybridized carbons (Fsp3) is 0.458. The highest BCUT2D eigenvalue weighted by Gasteiger charge is 2.41. The molecule has 0 saturated heterocycles. The number of fused-ring (bicyclic) bond motifs is 1. The number of amides is 1. The summed E-state index contributed by atoms with van der Waals surface area (Å²) in [5.74, 6) is -0.410. The highest BCUT2D eigenvalue weighted by molar-refractivity contribution is 8.16. The lowest BCUT2D eigenvalue weighted by molar-refractivity contribution is -0.143. The maximum atomic E-state index is 13.1. The molecule has 31 heavy (non-hydrogen) atoms. The summed E-state index contributed by atoms with van der Waals surface area (Å²) >= 11 is 1.48. The first kappa shape index (κ1) is 23.1. The zero-order chi connectivity index (χ0) is 22.7. The fourth-order valence-electron chi connectivity index (χ4n) is 3.69. The van der Waals surface area contributed by atoms with E-state index < -0.39 is 6.04 Å². The van der Waals surface area contributed by atoms with E-state index >= 15 is 0 Å². The van der Waals surface area contributed by atoms with E-state index in [1.807, 2.05) is 76.1 Å². The van der Waals surface area contributed by atoms with Crippen molar-refractivity contribution >= 4 is 28.8 Å². The number of aliphatic imine (C=N–C) groups is 1. The van der Waals surface area contributed by atoms with Crippen LogP contribution >= 0.6 is 11.8 Å². The van der Waals surface area contributed by atoms with E-state index in [0.717, 1.165) is 28.4 Å². The third kappa shape index (κ3) is 5.03. The zero-order valence-electron chi connectivity index (χ0n) is 19.1. The number of nitrogens with zero attached hydrogens (tertiary/aromatic N) is 2. The first-order valence-corrected chi connectivity index (χ1v) is 11.6. The van der Waals surface area contributed by atoms with E-state index in [0.29, 0.717) is 11.3 Å². The normalized spacial score (nSPS) is 19.1. The van der Waals surface area contributed by atoms with Crippen molar-refractivity contribution in [2.45, 2.75) is 72.6 Å². The van der Waals surface area contributed by atoms with E-state index in [4.69, 9.17) is 9.73 Å². The van der Waals surface area contributed by atoms with Crippen LogP contribution in [-0.4, -0.2) is 34.1 Å². The molecule has 0 aliphatic carbocycles. The molecule has 0 aromatic heterocycles. The van der Waals surface area contributed by atoms with Crippen LogP contribution in [0, 0.1) is 6.92 Å². The Labute approximate surface area is 188 Å². The third-order valence-corrected chi connectivity index (χ3v) is 6.30. The number of thioether (sulfide) groups is 1. The van der Waals surface area contributed by atoms with Gasteiger partial charge in [0.05, 0.1) is 29.8 Å². The van der Waals surface area contributed by atoms with Gasteiger partial charge in [-0.25, -0.2) is 9.79 Å². The van der Waals surface area contributed by atoms with E-state index in [2.05, 4.69) is 5.32 Å². The van der Waals surface area contributed by atoms with Gasteiger partial charge in [-0.05, 0) is 57.6 Å². The Hall–Kier alpha value is -2.54. The van der Waals surface area contributed by atoms with Crippen LogP contribution in [0.15, 0.2) is 51.6 Å². The monoisotopic (exact) mass is 441 g/mol. The summed E-state index contributed by atoms with van der Waals surface area (Å²) in [5, 5.41) is 5.77. The molecule has 2 aliphatic rings. The fourth-order valence-corrected chi connectivity index (χ4v) is 4.65. The molecule has 6 nitrogen and oxygen atoms in total. The quantitative estimate of drug-likeness (QED) is 0.614. The minimum absolute atomic E-state index is 0.0384. The van der Waals surface area contributed by atoms with Crippen molar-refractivity contribution < 1.29 is 14.3 Å². The Morgan fingerprint density at radius 3 is 2.58 bits per heavy atom. The van der Waals surface area contributed by atoms with E-state index in [1.54, 1.807) is 0 Å². The van der Waals surface area contributed by atoms with Crippen molar-refractivity contribution in [3.8, 4) is 0 Å². The zero-order valence-corrected chi connectivity index (χ0v) is 19.9. The number of esters is 1. The molecule has 1 amide bonds. The Bertz CT molecular complexity index is 965. The van der Waals surface area contributed by atoms with Crippen molar-refractivity contribution in [3.05, 3.63) is 57.8 Å². The summed E-state index contributed by atoms with van der Waals surface area (Å²) in [5.41, 5.74) is 4.07. The highest BCUT2D eigenvalue weighted by atomic mass is 32.2. The van der Waals surface area contributed by atoms with Crippen LogP contribution in [0.2, 0.25) is 0 Å². The van der Waals surface area contributed by atoms with Gasteiger partial charge >= 0.3 is 5.97 Å². The lowest BCUT2D eigenvalue weighted by Crippen LogP contribution is -2.39. The predicted molar refractivity (Wildman–Crippen MR) is 125 cm³/mol. The summed E-state index contributed by atoms with van der Waals surface area (Å²) in [7, 11) is 0. The van der Waals surface area contributed by atoms with Gasteiger partial charge in [0.25, 0.3) is 0 Å². The maximum absolute atomic E-state index is 13.1. The molecule has 2 heterocycles. The Balaban J connectivity index is 2.02. The topological polar surface area (TPSA) is 71.0 Å². The second-order valence-electron chi connectivity index (χ2n) is 8.26. The molecule has 2 aliphatic heterocycles. The third-order valence-electron chi connectivity index (χ3n) is 5.41. The van der Waals surface area contributed by atoms with E-state index in [-0.39, 0.29) is 30.4 Å². The van der Waals surface area contributed by atoms with Gasteiger partial charge < -0.3 is 15.0 Å². The number of ether oxygens (including phenoxy) is 1. The maximum Gasteiger partial charge on any atom is 0.338 e. The van der Waals surface area contributed by atoms with Crippen LogP contribution in [0.1, 0.15) is 64.6 Å². The summed E-state index contributed by atoms with van der Waals surface area (Å²) in [4.78, 5) is 32.5. The largest absolute Gasteiger partial charge is 0.459 e. The summed E-state index contributed by atoms with van der Waals surface area (Å²) in [6.07, 6.45) is 0.860. The van der Waals surface area contributed by atoms with Gasteiger partial charge in [-0.15, -0.1) is 0 Å². The van der Waals surface area contributed by atoms with Gasteiger partial charge in [0.1, 0.15) is 0 Å². The first-order valence-electron chi connectivity index (χ1n) is 10.7. The Morgan fingerprint density at radius 2 is 1.94 bits per heavy atom. The molecule has 0 bridgehead atoms. The molecule has 0 spiro atoms. The molecule has 1 N–H and O–H groups in total. The van der Waals surface area contributed by atoms with Crippen molar-refractivity contribution in [1.82, 2.24) is 10.2 Å². The predicted octanol–water partition coefficient (Wildman–Crippen LogP) is 4.83. The van der Waals surface area contributed by atoms with E-state index in [1.165, 1.54) is 11.8 Å². The SMILES string of the molecule is CC[C@H](C)NC(=O)CC1=CSC2=NC(C)=C(C(=O)OC(C)C)[C@@H](c3ccccc3C)N12. The van der Waals surface area contributed by atoms with Crippen molar-refractivity contribution in [2.75, 3.05) is 0 Å². The molecule has 0 radical (unpaired) electrons. The molecule has 166 valence electrons. The number of carbonyl (C=O) groups is 2. The number of amidine groups is 1. The molecule has 3 rings (SSSR count). The summed E-state index contributed by atoms with van der Waals surface area (Å²) in [6, 6.07) is 7.73.